The highest BCUT2D eigenvalue weighted by Crippen LogP contribution is 2.55. The maximum absolute atomic E-state index is 12.8. The first kappa shape index (κ1) is 18.5. The van der Waals surface area contributed by atoms with Crippen molar-refractivity contribution in [1.82, 2.24) is 9.78 Å². The minimum absolute atomic E-state index is 0.0539. The number of fused-ring (bicyclic) bond motifs is 3. The van der Waals surface area contributed by atoms with Gasteiger partial charge in [-0.25, -0.2) is 0 Å². The van der Waals surface area contributed by atoms with Crippen LogP contribution in [-0.2, 0) is 23.7 Å². The average Bonchev–Trinajstić information content (AvgIpc) is 3.02. The van der Waals surface area contributed by atoms with Crippen molar-refractivity contribution < 1.29 is 9.53 Å². The summed E-state index contributed by atoms with van der Waals surface area (Å²) in [7, 11) is 3.63. The van der Waals surface area contributed by atoms with E-state index in [1.165, 1.54) is 5.56 Å². The van der Waals surface area contributed by atoms with Crippen LogP contribution in [0, 0.1) is 22.7 Å². The number of benzene rings is 1. The Morgan fingerprint density at radius 2 is 2.00 bits per heavy atom. The van der Waals surface area contributed by atoms with Crippen LogP contribution < -0.4 is 4.74 Å². The summed E-state index contributed by atoms with van der Waals surface area (Å²) >= 11 is 0. The molecule has 2 aromatic rings. The van der Waals surface area contributed by atoms with Gasteiger partial charge in [0.25, 0.3) is 0 Å². The van der Waals surface area contributed by atoms with Gasteiger partial charge in [0.2, 0.25) is 0 Å². The fourth-order valence-electron chi connectivity index (χ4n) is 5.40. The smallest absolute Gasteiger partial charge is 0.178 e. The van der Waals surface area contributed by atoms with Crippen molar-refractivity contribution in [3.05, 3.63) is 47.2 Å². The zero-order valence-corrected chi connectivity index (χ0v) is 17.0. The molecule has 0 bridgehead atoms. The number of ketones is 1. The number of hydrogen-bond acceptors (Lipinski definition) is 4. The maximum Gasteiger partial charge on any atom is 0.178 e. The van der Waals surface area contributed by atoms with Crippen LogP contribution >= 0.6 is 0 Å². The fraction of sp³-hybridized carbons (Fsp3) is 0.435. The Morgan fingerprint density at radius 3 is 2.68 bits per heavy atom. The van der Waals surface area contributed by atoms with Gasteiger partial charge in [0.05, 0.1) is 24.1 Å². The van der Waals surface area contributed by atoms with Gasteiger partial charge in [-0.3, -0.25) is 9.48 Å². The van der Waals surface area contributed by atoms with Gasteiger partial charge in [-0.1, -0.05) is 39.0 Å². The van der Waals surface area contributed by atoms with Crippen molar-refractivity contribution in [3.63, 3.8) is 0 Å². The van der Waals surface area contributed by atoms with Gasteiger partial charge in [0, 0.05) is 29.0 Å². The second-order valence-corrected chi connectivity index (χ2v) is 8.59. The maximum atomic E-state index is 12.8. The molecule has 2 aliphatic carbocycles. The molecule has 2 aliphatic rings. The highest BCUT2D eigenvalue weighted by molar-refractivity contribution is 6.04. The molecule has 0 unspecified atom stereocenters. The van der Waals surface area contributed by atoms with Crippen LogP contribution in [0.25, 0.3) is 11.3 Å². The van der Waals surface area contributed by atoms with E-state index in [1.807, 2.05) is 49.9 Å². The van der Waals surface area contributed by atoms with E-state index in [4.69, 9.17) is 9.84 Å². The predicted octanol–water partition coefficient (Wildman–Crippen LogP) is 3.97. The second-order valence-electron chi connectivity index (χ2n) is 8.59. The fourth-order valence-corrected chi connectivity index (χ4v) is 5.40. The molecule has 1 heterocycles. The molecule has 0 amide bonds. The molecule has 0 aliphatic heterocycles. The number of rotatable bonds is 2. The zero-order valence-electron chi connectivity index (χ0n) is 17.0. The van der Waals surface area contributed by atoms with Crippen LogP contribution in [0.3, 0.4) is 0 Å². The minimum atomic E-state index is -0.589. The molecular weight excluding hydrogens is 350 g/mol. The second kappa shape index (κ2) is 6.07. The number of allylic oxidation sites excluding steroid dienone is 2. The number of para-hydroxylation sites is 1. The molecule has 5 nitrogen and oxygen atoms in total. The number of aromatic nitrogens is 2. The van der Waals surface area contributed by atoms with E-state index in [1.54, 1.807) is 7.11 Å². The highest BCUT2D eigenvalue weighted by Gasteiger charge is 2.55. The zero-order chi connectivity index (χ0) is 20.3. The Bertz CT molecular complexity index is 1050. The third-order valence-electron chi connectivity index (χ3n) is 6.69. The molecule has 1 aromatic carbocycles. The molecule has 0 spiro atoms. The van der Waals surface area contributed by atoms with Crippen molar-refractivity contribution in [3.8, 4) is 23.1 Å². The summed E-state index contributed by atoms with van der Waals surface area (Å²) in [6, 6.07) is 10.1. The molecule has 1 aromatic heterocycles. The van der Waals surface area contributed by atoms with E-state index in [2.05, 4.69) is 19.1 Å². The molecule has 0 fully saturated rings. The largest absolute Gasteiger partial charge is 0.496 e. The van der Waals surface area contributed by atoms with Crippen molar-refractivity contribution in [2.45, 2.75) is 39.0 Å². The van der Waals surface area contributed by atoms with E-state index in [-0.39, 0.29) is 17.3 Å². The van der Waals surface area contributed by atoms with Crippen LogP contribution in [0.1, 0.15) is 38.4 Å². The molecule has 2 atom stereocenters. The van der Waals surface area contributed by atoms with Crippen LogP contribution in [0.2, 0.25) is 0 Å². The summed E-state index contributed by atoms with van der Waals surface area (Å²) in [5.41, 5.74) is 3.43. The first-order valence-electron chi connectivity index (χ1n) is 9.63. The lowest BCUT2D eigenvalue weighted by molar-refractivity contribution is -0.128. The lowest BCUT2D eigenvalue weighted by atomic mass is 9.52. The summed E-state index contributed by atoms with van der Waals surface area (Å²) in [5, 5.41) is 14.5. The summed E-state index contributed by atoms with van der Waals surface area (Å²) < 4.78 is 7.50. The van der Waals surface area contributed by atoms with E-state index in [9.17, 15) is 10.1 Å². The van der Waals surface area contributed by atoms with E-state index in [0.29, 0.717) is 0 Å². The summed E-state index contributed by atoms with van der Waals surface area (Å²) in [6.45, 7) is 6.06. The van der Waals surface area contributed by atoms with Crippen LogP contribution in [-0.4, -0.2) is 22.7 Å². The minimum Gasteiger partial charge on any atom is -0.496 e. The Labute approximate surface area is 165 Å². The van der Waals surface area contributed by atoms with Crippen molar-refractivity contribution in [2.75, 3.05) is 7.11 Å². The monoisotopic (exact) mass is 375 g/mol. The third kappa shape index (κ3) is 2.30. The summed E-state index contributed by atoms with van der Waals surface area (Å²) in [5.74, 6) is 0.868. The van der Waals surface area contributed by atoms with Gasteiger partial charge in [-0.05, 0) is 30.9 Å². The lowest BCUT2D eigenvalue weighted by Crippen LogP contribution is -2.51. The average molecular weight is 375 g/mol. The first-order valence-corrected chi connectivity index (χ1v) is 9.63. The van der Waals surface area contributed by atoms with Gasteiger partial charge < -0.3 is 4.74 Å². The molecular formula is C23H25N3O2. The number of carbonyl (C=O) groups is 1. The standard InChI is InChI=1S/C23H25N3O2/c1-22(2)18-11-10-16-19(15-8-6-7-9-17(15)28-5)26(4)25-20(16)23(18,3)12-14(13-24)21(22)27/h6-9,12,18H,10-11H2,1-5H3/t18-,23-/m0/s1. The van der Waals surface area contributed by atoms with Gasteiger partial charge in [-0.15, -0.1) is 0 Å². The van der Waals surface area contributed by atoms with Gasteiger partial charge in [-0.2, -0.15) is 10.4 Å². The Hall–Kier alpha value is -2.87. The number of ether oxygens (including phenoxy) is 1. The molecule has 5 heteroatoms. The Morgan fingerprint density at radius 1 is 1.29 bits per heavy atom. The number of nitrogens with zero attached hydrogens (tertiary/aromatic N) is 3. The van der Waals surface area contributed by atoms with E-state index >= 15 is 0 Å². The SMILES string of the molecule is COc1ccccc1-c1c2c(nn1C)[C@@]1(C)C=C(C#N)C(=O)C(C)(C)[C@@H]1CC2. The van der Waals surface area contributed by atoms with Crippen LogP contribution in [0.5, 0.6) is 5.75 Å². The molecule has 0 N–H and O–H groups in total. The lowest BCUT2D eigenvalue weighted by Gasteiger charge is -2.49. The van der Waals surface area contributed by atoms with E-state index < -0.39 is 10.8 Å². The first-order chi connectivity index (χ1) is 13.3. The molecule has 28 heavy (non-hydrogen) atoms. The van der Waals surface area contributed by atoms with Crippen molar-refractivity contribution in [1.29, 1.82) is 5.26 Å². The van der Waals surface area contributed by atoms with E-state index in [0.717, 1.165) is 35.5 Å². The number of nitriles is 1. The topological polar surface area (TPSA) is 67.9 Å². The Kier molecular flexibility index (Phi) is 4.01. The summed E-state index contributed by atoms with van der Waals surface area (Å²) in [6.07, 6.45) is 3.59. The normalized spacial score (nSPS) is 25.4. The predicted molar refractivity (Wildman–Crippen MR) is 107 cm³/mol. The van der Waals surface area contributed by atoms with Gasteiger partial charge in [0.1, 0.15) is 11.8 Å². The van der Waals surface area contributed by atoms with Crippen LogP contribution in [0.4, 0.5) is 0 Å². The molecule has 0 radical (unpaired) electrons. The molecule has 0 saturated carbocycles. The quantitative estimate of drug-likeness (QED) is 0.796. The number of hydrogen-bond donors (Lipinski definition) is 0. The van der Waals surface area contributed by atoms with Crippen LogP contribution in [0.15, 0.2) is 35.9 Å². The van der Waals surface area contributed by atoms with Gasteiger partial charge >= 0.3 is 0 Å². The molecule has 144 valence electrons. The number of Topliss-reactive ketones (excluding diaryl/α,β-unsaturated/α-hetero) is 1. The molecule has 4 rings (SSSR count). The van der Waals surface area contributed by atoms with Crippen molar-refractivity contribution >= 4 is 5.78 Å². The Balaban J connectivity index is 1.97. The highest BCUT2D eigenvalue weighted by atomic mass is 16.5. The number of carbonyl (C=O) groups excluding carboxylic acids is 1. The number of aryl methyl sites for hydroxylation is 1. The number of methoxy groups -OCH3 is 1. The molecule has 0 saturated heterocycles. The third-order valence-corrected chi connectivity index (χ3v) is 6.69. The summed E-state index contributed by atoms with van der Waals surface area (Å²) in [4.78, 5) is 12.8. The van der Waals surface area contributed by atoms with Gasteiger partial charge in [0.15, 0.2) is 5.78 Å². The van der Waals surface area contributed by atoms with Crippen molar-refractivity contribution in [2.24, 2.45) is 18.4 Å².